The highest BCUT2D eigenvalue weighted by Gasteiger charge is 2.22. The highest BCUT2D eigenvalue weighted by atomic mass is 32.2. The van der Waals surface area contributed by atoms with Crippen molar-refractivity contribution in [2.45, 2.75) is 11.4 Å². The number of nitrogens with one attached hydrogen (secondary N) is 1. The van der Waals surface area contributed by atoms with Crippen molar-refractivity contribution in [3.8, 4) is 5.75 Å². The van der Waals surface area contributed by atoms with Gasteiger partial charge in [-0.1, -0.05) is 24.3 Å². The summed E-state index contributed by atoms with van der Waals surface area (Å²) in [6, 6.07) is 18.0. The molecule has 28 heavy (non-hydrogen) atoms. The predicted octanol–water partition coefficient (Wildman–Crippen LogP) is 2.14. The minimum absolute atomic E-state index is 0.0186. The average Bonchev–Trinajstić information content (AvgIpc) is 2.68. The number of rotatable bonds is 6. The molecule has 7 nitrogen and oxygen atoms in total. The maximum Gasteiger partial charge on any atom is 0.290 e. The lowest BCUT2D eigenvalue weighted by Gasteiger charge is -2.19. The van der Waals surface area contributed by atoms with Crippen LogP contribution < -0.4 is 14.2 Å². The fraction of sp³-hybridized carbons (Fsp3) is 0.100. The van der Waals surface area contributed by atoms with Gasteiger partial charge in [0.2, 0.25) is 12.7 Å². The molecule has 2 N–H and O–H groups in total. The number of sulfonamides is 1. The van der Waals surface area contributed by atoms with E-state index in [1.54, 1.807) is 48.7 Å². The Kier molecular flexibility index (Phi) is 5.60. The molecular formula is C20H20N3O4S+. The van der Waals surface area contributed by atoms with E-state index in [9.17, 15) is 18.3 Å². The number of pyridine rings is 1. The maximum atomic E-state index is 12.9. The van der Waals surface area contributed by atoms with Gasteiger partial charge in [-0.3, -0.25) is 9.10 Å². The SMILES string of the molecule is CN(c1ccccc1)S(=O)(=O)c1cccc(NC(=O)C[n+]2cccc(O)c2)c1. The molecule has 3 rings (SSSR count). The van der Waals surface area contributed by atoms with E-state index in [0.29, 0.717) is 11.4 Å². The summed E-state index contributed by atoms with van der Waals surface area (Å²) in [6.07, 6.45) is 3.07. The first-order valence-corrected chi connectivity index (χ1v) is 9.92. The lowest BCUT2D eigenvalue weighted by atomic mass is 10.3. The van der Waals surface area contributed by atoms with Crippen LogP contribution >= 0.6 is 0 Å². The molecule has 0 saturated carbocycles. The van der Waals surface area contributed by atoms with E-state index in [1.165, 1.54) is 40.3 Å². The largest absolute Gasteiger partial charge is 0.503 e. The molecule has 0 spiro atoms. The zero-order valence-corrected chi connectivity index (χ0v) is 16.0. The standard InChI is InChI=1S/C20H19N3O4S/c1-22(17-8-3-2-4-9-17)28(26,27)19-11-5-7-16(13-19)21-20(25)15-23-12-6-10-18(24)14-23/h2-14H,15H2,1H3,(H-,21,24,25)/p+1. The van der Waals surface area contributed by atoms with Gasteiger partial charge in [0.05, 0.1) is 10.6 Å². The van der Waals surface area contributed by atoms with E-state index in [-0.39, 0.29) is 23.1 Å². The first-order chi connectivity index (χ1) is 13.4. The number of aromatic hydroxyl groups is 1. The summed E-state index contributed by atoms with van der Waals surface area (Å²) in [4.78, 5) is 12.3. The first-order valence-electron chi connectivity index (χ1n) is 8.48. The van der Waals surface area contributed by atoms with E-state index in [4.69, 9.17) is 0 Å². The number of nitrogens with zero attached hydrogens (tertiary/aromatic N) is 2. The molecule has 1 heterocycles. The van der Waals surface area contributed by atoms with Crippen LogP contribution in [-0.2, 0) is 21.4 Å². The molecule has 0 radical (unpaired) electrons. The van der Waals surface area contributed by atoms with Gasteiger partial charge in [0.1, 0.15) is 0 Å². The minimum Gasteiger partial charge on any atom is -0.503 e. The average molecular weight is 398 g/mol. The molecule has 0 aliphatic heterocycles. The Morgan fingerprint density at radius 2 is 1.82 bits per heavy atom. The Labute approximate surface area is 163 Å². The molecule has 0 saturated heterocycles. The van der Waals surface area contributed by atoms with Gasteiger partial charge >= 0.3 is 0 Å². The second-order valence-corrected chi connectivity index (χ2v) is 8.09. The number of carbonyl (C=O) groups excluding carboxylic acids is 1. The summed E-state index contributed by atoms with van der Waals surface area (Å²) < 4.78 is 28.5. The number of amides is 1. The second kappa shape index (κ2) is 8.10. The lowest BCUT2D eigenvalue weighted by molar-refractivity contribution is -0.684. The fourth-order valence-corrected chi connectivity index (χ4v) is 3.88. The third kappa shape index (κ3) is 4.47. The van der Waals surface area contributed by atoms with Gasteiger partial charge in [-0.15, -0.1) is 0 Å². The van der Waals surface area contributed by atoms with Crippen molar-refractivity contribution < 1.29 is 22.9 Å². The molecule has 3 aromatic rings. The van der Waals surface area contributed by atoms with Crippen LogP contribution in [0.5, 0.6) is 5.75 Å². The molecular weight excluding hydrogens is 378 g/mol. The van der Waals surface area contributed by atoms with Gasteiger partial charge in [-0.05, 0) is 36.4 Å². The molecule has 0 aliphatic rings. The van der Waals surface area contributed by atoms with Crippen LogP contribution in [0, 0.1) is 0 Å². The van der Waals surface area contributed by atoms with E-state index in [1.807, 2.05) is 6.07 Å². The number of hydrogen-bond donors (Lipinski definition) is 2. The van der Waals surface area contributed by atoms with Crippen LogP contribution in [0.4, 0.5) is 11.4 Å². The fourth-order valence-electron chi connectivity index (χ4n) is 2.64. The van der Waals surface area contributed by atoms with Crippen molar-refractivity contribution in [1.82, 2.24) is 0 Å². The Morgan fingerprint density at radius 3 is 2.54 bits per heavy atom. The van der Waals surface area contributed by atoms with Crippen molar-refractivity contribution in [2.75, 3.05) is 16.7 Å². The summed E-state index contributed by atoms with van der Waals surface area (Å²) in [7, 11) is -2.29. The van der Waals surface area contributed by atoms with Crippen LogP contribution in [0.25, 0.3) is 0 Å². The summed E-state index contributed by atoms with van der Waals surface area (Å²) in [6.45, 7) is -0.0186. The summed E-state index contributed by atoms with van der Waals surface area (Å²) >= 11 is 0. The van der Waals surface area contributed by atoms with Crippen LogP contribution in [0.1, 0.15) is 0 Å². The van der Waals surface area contributed by atoms with Crippen LogP contribution in [0.2, 0.25) is 0 Å². The van der Waals surface area contributed by atoms with Crippen LogP contribution in [0.15, 0.2) is 84.0 Å². The Hall–Kier alpha value is -3.39. The predicted molar refractivity (Wildman–Crippen MR) is 105 cm³/mol. The normalized spacial score (nSPS) is 11.0. The van der Waals surface area contributed by atoms with Gasteiger partial charge in [-0.25, -0.2) is 8.42 Å². The zero-order valence-electron chi connectivity index (χ0n) is 15.2. The van der Waals surface area contributed by atoms with E-state index in [0.717, 1.165) is 0 Å². The third-order valence-electron chi connectivity index (χ3n) is 4.06. The molecule has 1 amide bonds. The lowest BCUT2D eigenvalue weighted by Crippen LogP contribution is -2.39. The Bertz CT molecular complexity index is 1090. The summed E-state index contributed by atoms with van der Waals surface area (Å²) in [5, 5.41) is 12.1. The Morgan fingerprint density at radius 1 is 1.07 bits per heavy atom. The number of benzene rings is 2. The van der Waals surface area contributed by atoms with Crippen molar-refractivity contribution in [2.24, 2.45) is 0 Å². The quantitative estimate of drug-likeness (QED) is 0.623. The van der Waals surface area contributed by atoms with Crippen LogP contribution in [-0.4, -0.2) is 26.5 Å². The number of para-hydroxylation sites is 1. The molecule has 144 valence electrons. The molecule has 0 fully saturated rings. The van der Waals surface area contributed by atoms with Gasteiger partial charge in [0.25, 0.3) is 15.9 Å². The number of hydrogen-bond acceptors (Lipinski definition) is 4. The monoisotopic (exact) mass is 398 g/mol. The van der Waals surface area contributed by atoms with Crippen molar-refractivity contribution in [3.63, 3.8) is 0 Å². The molecule has 8 heteroatoms. The van der Waals surface area contributed by atoms with E-state index >= 15 is 0 Å². The summed E-state index contributed by atoms with van der Waals surface area (Å²) in [5.41, 5.74) is 0.908. The molecule has 0 atom stereocenters. The van der Waals surface area contributed by atoms with Crippen LogP contribution in [0.3, 0.4) is 0 Å². The maximum absolute atomic E-state index is 12.9. The van der Waals surface area contributed by atoms with Crippen molar-refractivity contribution in [3.05, 3.63) is 79.1 Å². The summed E-state index contributed by atoms with van der Waals surface area (Å²) in [5.74, 6) is -0.297. The highest BCUT2D eigenvalue weighted by Crippen LogP contribution is 2.23. The first kappa shape index (κ1) is 19.4. The minimum atomic E-state index is -3.77. The number of anilines is 2. The number of aromatic nitrogens is 1. The topological polar surface area (TPSA) is 90.6 Å². The molecule has 2 aromatic carbocycles. The van der Waals surface area contributed by atoms with E-state index in [2.05, 4.69) is 5.32 Å². The van der Waals surface area contributed by atoms with Crippen molar-refractivity contribution >= 4 is 27.3 Å². The third-order valence-corrected chi connectivity index (χ3v) is 5.85. The van der Waals surface area contributed by atoms with Gasteiger partial charge in [0, 0.05) is 18.8 Å². The second-order valence-electron chi connectivity index (χ2n) is 6.12. The molecule has 1 aromatic heterocycles. The zero-order chi connectivity index (χ0) is 20.1. The smallest absolute Gasteiger partial charge is 0.290 e. The van der Waals surface area contributed by atoms with Gasteiger partial charge < -0.3 is 10.4 Å². The van der Waals surface area contributed by atoms with Crippen molar-refractivity contribution in [1.29, 1.82) is 0 Å². The highest BCUT2D eigenvalue weighted by molar-refractivity contribution is 7.92. The molecule has 0 bridgehead atoms. The molecule has 0 unspecified atom stereocenters. The van der Waals surface area contributed by atoms with E-state index < -0.39 is 10.0 Å². The van der Waals surface area contributed by atoms with Gasteiger partial charge in [-0.2, -0.15) is 4.57 Å². The molecule has 0 aliphatic carbocycles. The Balaban J connectivity index is 1.77. The number of carbonyl (C=O) groups is 1. The van der Waals surface area contributed by atoms with Gasteiger partial charge in [0.15, 0.2) is 11.9 Å².